The number of benzene rings is 3. The number of fused-ring (bicyclic) bond motifs is 1. The van der Waals surface area contributed by atoms with E-state index in [-0.39, 0.29) is 11.4 Å². The van der Waals surface area contributed by atoms with Gasteiger partial charge in [0.25, 0.3) is 11.8 Å². The maximum Gasteiger partial charge on any atom is 0.273 e. The minimum atomic E-state index is -0.555. The van der Waals surface area contributed by atoms with Crippen molar-refractivity contribution in [3.05, 3.63) is 95.4 Å². The zero-order valence-corrected chi connectivity index (χ0v) is 18.7. The van der Waals surface area contributed by atoms with Crippen LogP contribution in [0.3, 0.4) is 0 Å². The molecule has 1 aliphatic heterocycles. The van der Waals surface area contributed by atoms with Crippen molar-refractivity contribution in [3.8, 4) is 28.4 Å². The van der Waals surface area contributed by atoms with Crippen LogP contribution in [0.5, 0.6) is 11.5 Å². The van der Waals surface area contributed by atoms with Crippen LogP contribution in [0.2, 0.25) is 0 Å². The van der Waals surface area contributed by atoms with E-state index in [1.807, 2.05) is 31.2 Å². The molecule has 1 aromatic heterocycles. The van der Waals surface area contributed by atoms with Crippen LogP contribution in [-0.4, -0.2) is 34.8 Å². The Balaban J connectivity index is 1.40. The number of aromatic nitrogens is 2. The van der Waals surface area contributed by atoms with Crippen molar-refractivity contribution < 1.29 is 23.5 Å². The van der Waals surface area contributed by atoms with E-state index < -0.39 is 11.8 Å². The minimum absolute atomic E-state index is 0.238. The number of rotatable bonds is 4. The average Bonchev–Trinajstić information content (AvgIpc) is 3.33. The lowest BCUT2D eigenvalue weighted by Crippen LogP contribution is -2.41. The van der Waals surface area contributed by atoms with E-state index in [1.54, 1.807) is 30.3 Å². The molecule has 5 rings (SSSR count). The van der Waals surface area contributed by atoms with Crippen LogP contribution in [0.4, 0.5) is 4.39 Å². The first-order valence-corrected chi connectivity index (χ1v) is 10.9. The van der Waals surface area contributed by atoms with Crippen LogP contribution in [0.25, 0.3) is 16.9 Å². The SMILES string of the molecule is Cc1cccc(-c2nn(-c3ccc(F)cc3)cc2C(=O)NNC(=O)c2ccc3c(c2)OCCO3)c1. The summed E-state index contributed by atoms with van der Waals surface area (Å²) in [6.07, 6.45) is 1.54. The molecular formula is C26H21FN4O4. The second kappa shape index (κ2) is 9.30. The second-order valence-electron chi connectivity index (χ2n) is 7.95. The van der Waals surface area contributed by atoms with Gasteiger partial charge in [-0.1, -0.05) is 23.8 Å². The largest absolute Gasteiger partial charge is 0.486 e. The Morgan fingerprint density at radius 1 is 0.914 bits per heavy atom. The Bertz CT molecular complexity index is 1420. The highest BCUT2D eigenvalue weighted by Gasteiger charge is 2.20. The first-order valence-electron chi connectivity index (χ1n) is 10.9. The summed E-state index contributed by atoms with van der Waals surface area (Å²) in [7, 11) is 0. The summed E-state index contributed by atoms with van der Waals surface area (Å²) >= 11 is 0. The van der Waals surface area contributed by atoms with E-state index in [0.29, 0.717) is 41.7 Å². The predicted molar refractivity (Wildman–Crippen MR) is 126 cm³/mol. The molecule has 176 valence electrons. The molecule has 0 saturated heterocycles. The number of hydrazine groups is 1. The van der Waals surface area contributed by atoms with Crippen LogP contribution in [0, 0.1) is 12.7 Å². The zero-order valence-electron chi connectivity index (χ0n) is 18.7. The van der Waals surface area contributed by atoms with E-state index in [0.717, 1.165) is 11.1 Å². The molecule has 2 heterocycles. The Kier molecular flexibility index (Phi) is 5.88. The number of hydrogen-bond acceptors (Lipinski definition) is 5. The van der Waals surface area contributed by atoms with Gasteiger partial charge < -0.3 is 9.47 Å². The molecule has 4 aromatic rings. The lowest BCUT2D eigenvalue weighted by molar-refractivity contribution is 0.0846. The fraction of sp³-hybridized carbons (Fsp3) is 0.115. The third kappa shape index (κ3) is 4.70. The number of ether oxygens (including phenoxy) is 2. The minimum Gasteiger partial charge on any atom is -0.486 e. The zero-order chi connectivity index (χ0) is 24.4. The molecule has 0 atom stereocenters. The molecule has 3 aromatic carbocycles. The van der Waals surface area contributed by atoms with Gasteiger partial charge in [0.15, 0.2) is 11.5 Å². The molecule has 0 saturated carbocycles. The first-order chi connectivity index (χ1) is 17.0. The number of carbonyl (C=O) groups excluding carboxylic acids is 2. The van der Waals surface area contributed by atoms with E-state index in [2.05, 4.69) is 16.0 Å². The van der Waals surface area contributed by atoms with Gasteiger partial charge in [-0.25, -0.2) is 9.07 Å². The lowest BCUT2D eigenvalue weighted by atomic mass is 10.1. The van der Waals surface area contributed by atoms with Gasteiger partial charge in [0, 0.05) is 17.3 Å². The quantitative estimate of drug-likeness (QED) is 0.440. The maximum absolute atomic E-state index is 13.4. The third-order valence-electron chi connectivity index (χ3n) is 5.44. The highest BCUT2D eigenvalue weighted by Crippen LogP contribution is 2.30. The summed E-state index contributed by atoms with van der Waals surface area (Å²) < 4.78 is 25.9. The summed E-state index contributed by atoms with van der Waals surface area (Å²) in [4.78, 5) is 25.8. The van der Waals surface area contributed by atoms with Crippen molar-refractivity contribution in [2.24, 2.45) is 0 Å². The molecule has 0 radical (unpaired) electrons. The van der Waals surface area contributed by atoms with Gasteiger partial charge in [-0.2, -0.15) is 5.10 Å². The molecule has 35 heavy (non-hydrogen) atoms. The first kappa shape index (κ1) is 22.1. The van der Waals surface area contributed by atoms with Crippen molar-refractivity contribution in [2.75, 3.05) is 13.2 Å². The van der Waals surface area contributed by atoms with Gasteiger partial charge in [0.1, 0.15) is 24.7 Å². The number of halogens is 1. The van der Waals surface area contributed by atoms with Crippen LogP contribution in [0.1, 0.15) is 26.3 Å². The summed E-state index contributed by atoms with van der Waals surface area (Å²) in [5.74, 6) is -0.413. The molecule has 1 aliphatic rings. The Morgan fingerprint density at radius 3 is 2.43 bits per heavy atom. The summed E-state index contributed by atoms with van der Waals surface area (Å²) in [6.45, 7) is 2.78. The van der Waals surface area contributed by atoms with Crippen LogP contribution >= 0.6 is 0 Å². The van der Waals surface area contributed by atoms with Crippen LogP contribution in [0.15, 0.2) is 72.9 Å². The molecule has 0 aliphatic carbocycles. The average molecular weight is 472 g/mol. The molecule has 0 unspecified atom stereocenters. The predicted octanol–water partition coefficient (Wildman–Crippen LogP) is 3.83. The van der Waals surface area contributed by atoms with Gasteiger partial charge in [-0.05, 0) is 55.5 Å². The number of aryl methyl sites for hydroxylation is 1. The van der Waals surface area contributed by atoms with Gasteiger partial charge in [0.2, 0.25) is 0 Å². The van der Waals surface area contributed by atoms with E-state index >= 15 is 0 Å². The van der Waals surface area contributed by atoms with Crippen molar-refractivity contribution >= 4 is 11.8 Å². The smallest absolute Gasteiger partial charge is 0.273 e. The number of nitrogens with one attached hydrogen (secondary N) is 2. The highest BCUT2D eigenvalue weighted by molar-refractivity contribution is 6.02. The summed E-state index contributed by atoms with van der Waals surface area (Å²) in [5, 5.41) is 4.57. The second-order valence-corrected chi connectivity index (χ2v) is 7.95. The molecular weight excluding hydrogens is 451 g/mol. The molecule has 0 spiro atoms. The molecule has 0 fully saturated rings. The number of carbonyl (C=O) groups is 2. The molecule has 2 amide bonds. The van der Waals surface area contributed by atoms with Gasteiger partial charge in [0.05, 0.1) is 11.3 Å². The normalized spacial score (nSPS) is 12.2. The highest BCUT2D eigenvalue weighted by atomic mass is 19.1. The Labute approximate surface area is 200 Å². The van der Waals surface area contributed by atoms with E-state index in [4.69, 9.17) is 9.47 Å². The Hall–Kier alpha value is -4.66. The summed E-state index contributed by atoms with van der Waals surface area (Å²) in [6, 6.07) is 18.1. The van der Waals surface area contributed by atoms with Crippen molar-refractivity contribution in [3.63, 3.8) is 0 Å². The molecule has 2 N–H and O–H groups in total. The fourth-order valence-corrected chi connectivity index (χ4v) is 3.71. The van der Waals surface area contributed by atoms with Crippen molar-refractivity contribution in [1.82, 2.24) is 20.6 Å². The maximum atomic E-state index is 13.4. The van der Waals surface area contributed by atoms with Gasteiger partial charge in [-0.3, -0.25) is 20.4 Å². The molecule has 9 heteroatoms. The monoisotopic (exact) mass is 472 g/mol. The molecule has 8 nitrogen and oxygen atoms in total. The molecule has 0 bridgehead atoms. The lowest BCUT2D eigenvalue weighted by Gasteiger charge is -2.18. The van der Waals surface area contributed by atoms with Gasteiger partial charge >= 0.3 is 0 Å². The number of hydrogen-bond donors (Lipinski definition) is 2. The third-order valence-corrected chi connectivity index (χ3v) is 5.44. The number of nitrogens with zero attached hydrogens (tertiary/aromatic N) is 2. The summed E-state index contributed by atoms with van der Waals surface area (Å²) in [5.41, 5.74) is 8.15. The van der Waals surface area contributed by atoms with Crippen LogP contribution < -0.4 is 20.3 Å². The fourth-order valence-electron chi connectivity index (χ4n) is 3.71. The Morgan fingerprint density at radius 2 is 1.66 bits per heavy atom. The number of amides is 2. The van der Waals surface area contributed by atoms with Gasteiger partial charge in [-0.15, -0.1) is 0 Å². The van der Waals surface area contributed by atoms with Crippen molar-refractivity contribution in [1.29, 1.82) is 0 Å². The standard InChI is InChI=1S/C26H21FN4O4/c1-16-3-2-4-17(13-16)24-21(15-31(30-24)20-8-6-19(27)7-9-20)26(33)29-28-25(32)18-5-10-22-23(14-18)35-12-11-34-22/h2-10,13-15H,11-12H2,1H3,(H,28,32)(H,29,33). The van der Waals surface area contributed by atoms with E-state index in [9.17, 15) is 14.0 Å². The van der Waals surface area contributed by atoms with Crippen molar-refractivity contribution in [2.45, 2.75) is 6.92 Å². The van der Waals surface area contributed by atoms with Crippen LogP contribution in [-0.2, 0) is 0 Å². The van der Waals surface area contributed by atoms with E-state index in [1.165, 1.54) is 23.0 Å². The topological polar surface area (TPSA) is 94.5 Å².